The quantitative estimate of drug-likeness (QED) is 0.896. The minimum Gasteiger partial charge on any atom is -0.311 e. The molecule has 1 saturated heterocycles. The van der Waals surface area contributed by atoms with Crippen LogP contribution in [-0.4, -0.2) is 30.6 Å². The van der Waals surface area contributed by atoms with Crippen LogP contribution in [0, 0.1) is 6.92 Å². The van der Waals surface area contributed by atoms with Gasteiger partial charge in [0.05, 0.1) is 6.04 Å². The fourth-order valence-corrected chi connectivity index (χ4v) is 4.35. The van der Waals surface area contributed by atoms with Gasteiger partial charge in [0.25, 0.3) is 0 Å². The lowest BCUT2D eigenvalue weighted by Gasteiger charge is -2.46. The molecule has 0 amide bonds. The second-order valence-electron chi connectivity index (χ2n) is 5.89. The molecule has 0 aromatic carbocycles. The lowest BCUT2D eigenvalue weighted by atomic mass is 9.88. The van der Waals surface area contributed by atoms with Crippen molar-refractivity contribution in [1.82, 2.24) is 10.2 Å². The molecule has 1 atom stereocenters. The first kappa shape index (κ1) is 14.0. The number of thiophene rings is 1. The highest BCUT2D eigenvalue weighted by Gasteiger charge is 2.37. The van der Waals surface area contributed by atoms with E-state index in [9.17, 15) is 0 Å². The first-order valence-electron chi connectivity index (χ1n) is 7.03. The van der Waals surface area contributed by atoms with Gasteiger partial charge in [-0.05, 0) is 70.8 Å². The largest absolute Gasteiger partial charge is 0.311 e. The van der Waals surface area contributed by atoms with Crippen LogP contribution < -0.4 is 5.32 Å². The van der Waals surface area contributed by atoms with Gasteiger partial charge in [-0.3, -0.25) is 4.90 Å². The SMILES string of the molecule is CNC(c1sccc1C)C(C)(C)N1CCCCC1. The summed E-state index contributed by atoms with van der Waals surface area (Å²) < 4.78 is 0. The van der Waals surface area contributed by atoms with E-state index in [1.807, 2.05) is 11.3 Å². The standard InChI is InChI=1S/C15H26N2S/c1-12-8-11-18-13(12)14(16-4)15(2,3)17-9-6-5-7-10-17/h8,11,14,16H,5-7,9-10H2,1-4H3. The van der Waals surface area contributed by atoms with Crippen LogP contribution in [0.1, 0.15) is 49.6 Å². The van der Waals surface area contributed by atoms with E-state index in [1.165, 1.54) is 42.8 Å². The highest BCUT2D eigenvalue weighted by Crippen LogP contribution is 2.36. The first-order chi connectivity index (χ1) is 8.57. The molecule has 1 aliphatic rings. The second-order valence-corrected chi connectivity index (χ2v) is 6.84. The molecule has 2 rings (SSSR count). The Morgan fingerprint density at radius 3 is 2.44 bits per heavy atom. The van der Waals surface area contributed by atoms with E-state index >= 15 is 0 Å². The van der Waals surface area contributed by atoms with Crippen LogP contribution >= 0.6 is 11.3 Å². The summed E-state index contributed by atoms with van der Waals surface area (Å²) >= 11 is 1.88. The number of nitrogens with zero attached hydrogens (tertiary/aromatic N) is 1. The number of rotatable bonds is 4. The Morgan fingerprint density at radius 1 is 1.28 bits per heavy atom. The number of hydrogen-bond donors (Lipinski definition) is 1. The van der Waals surface area contributed by atoms with Gasteiger partial charge >= 0.3 is 0 Å². The van der Waals surface area contributed by atoms with E-state index in [-0.39, 0.29) is 5.54 Å². The molecule has 102 valence electrons. The fraction of sp³-hybridized carbons (Fsp3) is 0.733. The molecule has 1 fully saturated rings. The smallest absolute Gasteiger partial charge is 0.0596 e. The van der Waals surface area contributed by atoms with Gasteiger partial charge in [0.15, 0.2) is 0 Å². The van der Waals surface area contributed by atoms with Crippen LogP contribution in [0.4, 0.5) is 0 Å². The summed E-state index contributed by atoms with van der Waals surface area (Å²) in [5, 5.41) is 5.76. The maximum atomic E-state index is 3.55. The molecule has 18 heavy (non-hydrogen) atoms. The molecular weight excluding hydrogens is 240 g/mol. The Balaban J connectivity index is 2.22. The van der Waals surface area contributed by atoms with Gasteiger partial charge in [0.2, 0.25) is 0 Å². The normalized spacial score (nSPS) is 20.0. The van der Waals surface area contributed by atoms with E-state index in [4.69, 9.17) is 0 Å². The summed E-state index contributed by atoms with van der Waals surface area (Å²) in [7, 11) is 2.09. The molecule has 0 spiro atoms. The number of nitrogens with one attached hydrogen (secondary N) is 1. The van der Waals surface area contributed by atoms with Gasteiger partial charge in [-0.15, -0.1) is 11.3 Å². The second kappa shape index (κ2) is 5.72. The van der Waals surface area contributed by atoms with Crippen molar-refractivity contribution in [3.63, 3.8) is 0 Å². The minimum atomic E-state index is 0.185. The van der Waals surface area contributed by atoms with Crippen LogP contribution in [0.2, 0.25) is 0 Å². The van der Waals surface area contributed by atoms with Crippen LogP contribution in [0.25, 0.3) is 0 Å². The van der Waals surface area contributed by atoms with Crippen molar-refractivity contribution in [2.75, 3.05) is 20.1 Å². The van der Waals surface area contributed by atoms with Gasteiger partial charge in [0, 0.05) is 10.4 Å². The number of hydrogen-bond acceptors (Lipinski definition) is 3. The number of piperidine rings is 1. The van der Waals surface area contributed by atoms with E-state index in [0.717, 1.165) is 0 Å². The molecule has 1 aromatic heterocycles. The van der Waals surface area contributed by atoms with Crippen molar-refractivity contribution in [2.24, 2.45) is 0 Å². The molecule has 0 radical (unpaired) electrons. The zero-order valence-corrected chi connectivity index (χ0v) is 12.9. The zero-order chi connectivity index (χ0) is 13.2. The van der Waals surface area contributed by atoms with Crippen molar-refractivity contribution in [1.29, 1.82) is 0 Å². The average molecular weight is 266 g/mol. The summed E-state index contributed by atoms with van der Waals surface area (Å²) in [6, 6.07) is 2.66. The summed E-state index contributed by atoms with van der Waals surface area (Å²) in [6.45, 7) is 9.49. The highest BCUT2D eigenvalue weighted by molar-refractivity contribution is 7.10. The Labute approximate surface area is 115 Å². The molecule has 1 aliphatic heterocycles. The van der Waals surface area contributed by atoms with Gasteiger partial charge in [-0.1, -0.05) is 6.42 Å². The van der Waals surface area contributed by atoms with Crippen LogP contribution in [0.5, 0.6) is 0 Å². The molecule has 0 bridgehead atoms. The maximum Gasteiger partial charge on any atom is 0.0596 e. The van der Waals surface area contributed by atoms with Crippen molar-refractivity contribution in [2.45, 2.75) is 51.6 Å². The molecule has 1 aromatic rings. The van der Waals surface area contributed by atoms with Crippen LogP contribution in [-0.2, 0) is 0 Å². The van der Waals surface area contributed by atoms with Gasteiger partial charge < -0.3 is 5.32 Å². The first-order valence-corrected chi connectivity index (χ1v) is 7.91. The zero-order valence-electron chi connectivity index (χ0n) is 12.1. The Kier molecular flexibility index (Phi) is 4.46. The topological polar surface area (TPSA) is 15.3 Å². The molecule has 1 unspecified atom stereocenters. The fourth-order valence-electron chi connectivity index (χ4n) is 3.14. The molecule has 0 aliphatic carbocycles. The van der Waals surface area contributed by atoms with Crippen molar-refractivity contribution in [3.05, 3.63) is 21.9 Å². The third-order valence-corrected chi connectivity index (χ3v) is 5.41. The van der Waals surface area contributed by atoms with E-state index in [1.54, 1.807) is 0 Å². The summed E-state index contributed by atoms with van der Waals surface area (Å²) in [5.74, 6) is 0. The monoisotopic (exact) mass is 266 g/mol. The summed E-state index contributed by atoms with van der Waals surface area (Å²) in [4.78, 5) is 4.16. The Morgan fingerprint density at radius 2 is 1.94 bits per heavy atom. The van der Waals surface area contributed by atoms with Crippen molar-refractivity contribution in [3.8, 4) is 0 Å². The third kappa shape index (κ3) is 2.63. The lowest BCUT2D eigenvalue weighted by molar-refractivity contribution is 0.0642. The van der Waals surface area contributed by atoms with E-state index in [0.29, 0.717) is 6.04 Å². The molecule has 0 saturated carbocycles. The number of likely N-dealkylation sites (N-methyl/N-ethyl adjacent to an activating group) is 1. The van der Waals surface area contributed by atoms with Crippen LogP contribution in [0.3, 0.4) is 0 Å². The van der Waals surface area contributed by atoms with E-state index < -0.39 is 0 Å². The maximum absolute atomic E-state index is 3.55. The van der Waals surface area contributed by atoms with Gasteiger partial charge in [-0.2, -0.15) is 0 Å². The minimum absolute atomic E-state index is 0.185. The van der Waals surface area contributed by atoms with Crippen molar-refractivity contribution < 1.29 is 0 Å². The highest BCUT2D eigenvalue weighted by atomic mass is 32.1. The third-order valence-electron chi connectivity index (χ3n) is 4.33. The van der Waals surface area contributed by atoms with Gasteiger partial charge in [-0.25, -0.2) is 0 Å². The predicted octanol–water partition coefficient (Wildman–Crippen LogP) is 3.58. The molecule has 2 heterocycles. The molecular formula is C15H26N2S. The molecule has 1 N–H and O–H groups in total. The Bertz CT molecular complexity index is 378. The lowest BCUT2D eigenvalue weighted by Crippen LogP contribution is -2.53. The number of aryl methyl sites for hydroxylation is 1. The van der Waals surface area contributed by atoms with Gasteiger partial charge in [0.1, 0.15) is 0 Å². The Hall–Kier alpha value is -0.380. The summed E-state index contributed by atoms with van der Waals surface area (Å²) in [6.07, 6.45) is 4.10. The van der Waals surface area contributed by atoms with Crippen molar-refractivity contribution >= 4 is 11.3 Å². The molecule has 3 heteroatoms. The summed E-state index contributed by atoms with van der Waals surface area (Å²) in [5.41, 5.74) is 1.61. The van der Waals surface area contributed by atoms with E-state index in [2.05, 4.69) is 49.5 Å². The predicted molar refractivity (Wildman–Crippen MR) is 80.4 cm³/mol. The molecule has 2 nitrogen and oxygen atoms in total. The number of likely N-dealkylation sites (tertiary alicyclic amines) is 1. The van der Waals surface area contributed by atoms with Crippen LogP contribution in [0.15, 0.2) is 11.4 Å². The average Bonchev–Trinajstić information content (AvgIpc) is 2.78.